The Labute approximate surface area is 164 Å². The molecule has 3 rings (SSSR count). The second-order valence-corrected chi connectivity index (χ2v) is 7.33. The molecule has 1 aliphatic heterocycles. The van der Waals surface area contributed by atoms with E-state index in [2.05, 4.69) is 11.9 Å². The zero-order chi connectivity index (χ0) is 19.7. The molecule has 1 aromatic carbocycles. The van der Waals surface area contributed by atoms with Crippen LogP contribution >= 0.6 is 12.2 Å². The van der Waals surface area contributed by atoms with Crippen molar-refractivity contribution in [1.82, 2.24) is 10.2 Å². The molecule has 2 fully saturated rings. The maximum Gasteiger partial charge on any atom is 0.227 e. The van der Waals surface area contributed by atoms with E-state index in [1.807, 2.05) is 29.2 Å². The third-order valence-corrected chi connectivity index (χ3v) is 5.61. The quantitative estimate of drug-likeness (QED) is 0.498. The molecule has 3 N–H and O–H groups in total. The topological polar surface area (TPSA) is 85.3 Å². The number of methoxy groups -OCH3 is 1. The van der Waals surface area contributed by atoms with Crippen molar-refractivity contribution in [2.24, 2.45) is 5.92 Å². The van der Waals surface area contributed by atoms with Crippen LogP contribution in [0.25, 0.3) is 0 Å². The lowest BCUT2D eigenvalue weighted by Gasteiger charge is -2.42. The molecule has 146 valence electrons. The lowest BCUT2D eigenvalue weighted by Crippen LogP contribution is -2.61. The van der Waals surface area contributed by atoms with Gasteiger partial charge in [-0.1, -0.05) is 6.08 Å². The van der Waals surface area contributed by atoms with Crippen molar-refractivity contribution < 1.29 is 19.7 Å². The van der Waals surface area contributed by atoms with Gasteiger partial charge in [-0.3, -0.25) is 4.79 Å². The van der Waals surface area contributed by atoms with Crippen LogP contribution in [0.15, 0.2) is 36.9 Å². The molecule has 0 radical (unpaired) electrons. The summed E-state index contributed by atoms with van der Waals surface area (Å²) in [5.74, 6) is 0.0834. The molecule has 2 aliphatic rings. The number of ether oxygens (including phenoxy) is 1. The molecular weight excluding hydrogens is 366 g/mol. The Balaban J connectivity index is 1.97. The molecule has 0 unspecified atom stereocenters. The van der Waals surface area contributed by atoms with Crippen LogP contribution in [0.4, 0.5) is 5.69 Å². The number of aliphatic hydroxyl groups is 2. The lowest BCUT2D eigenvalue weighted by molar-refractivity contribution is -0.139. The number of nitrogens with one attached hydrogen (secondary N) is 1. The average Bonchev–Trinajstić information content (AvgIpc) is 3.01. The zero-order valence-corrected chi connectivity index (χ0v) is 16.2. The van der Waals surface area contributed by atoms with Crippen LogP contribution in [0.3, 0.4) is 0 Å². The normalized spacial score (nSPS) is 29.7. The highest BCUT2D eigenvalue weighted by atomic mass is 32.1. The summed E-state index contributed by atoms with van der Waals surface area (Å²) in [5, 5.41) is 24.3. The first kappa shape index (κ1) is 19.6. The van der Waals surface area contributed by atoms with E-state index in [4.69, 9.17) is 17.0 Å². The first-order chi connectivity index (χ1) is 12.9. The Bertz CT molecular complexity index is 726. The molecule has 1 aromatic rings. The van der Waals surface area contributed by atoms with E-state index in [0.717, 1.165) is 5.69 Å². The number of anilines is 1. The molecule has 8 heteroatoms. The van der Waals surface area contributed by atoms with Gasteiger partial charge in [-0.05, 0) is 42.9 Å². The summed E-state index contributed by atoms with van der Waals surface area (Å²) in [6, 6.07) is 6.43. The van der Waals surface area contributed by atoms with Crippen molar-refractivity contribution in [2.75, 3.05) is 25.6 Å². The molecule has 1 aliphatic carbocycles. The van der Waals surface area contributed by atoms with E-state index in [-0.39, 0.29) is 12.3 Å². The van der Waals surface area contributed by atoms with Gasteiger partial charge in [-0.25, -0.2) is 0 Å². The van der Waals surface area contributed by atoms with Crippen molar-refractivity contribution in [1.29, 1.82) is 0 Å². The molecule has 1 heterocycles. The van der Waals surface area contributed by atoms with Crippen LogP contribution in [0.5, 0.6) is 5.75 Å². The number of benzene rings is 1. The fraction of sp³-hybridized carbons (Fsp3) is 0.474. The minimum Gasteiger partial charge on any atom is -0.497 e. The first-order valence-electron chi connectivity index (χ1n) is 8.84. The van der Waals surface area contributed by atoms with Gasteiger partial charge in [-0.15, -0.1) is 6.58 Å². The Kier molecular flexibility index (Phi) is 5.69. The van der Waals surface area contributed by atoms with E-state index in [1.165, 1.54) is 0 Å². The van der Waals surface area contributed by atoms with Crippen molar-refractivity contribution in [3.05, 3.63) is 36.9 Å². The van der Waals surface area contributed by atoms with Gasteiger partial charge in [0.1, 0.15) is 11.9 Å². The van der Waals surface area contributed by atoms with Crippen LogP contribution in [0.2, 0.25) is 0 Å². The summed E-state index contributed by atoms with van der Waals surface area (Å²) in [7, 11) is 3.30. The van der Waals surface area contributed by atoms with E-state index in [9.17, 15) is 15.0 Å². The highest BCUT2D eigenvalue weighted by Gasteiger charge is 2.54. The fourth-order valence-corrected chi connectivity index (χ4v) is 4.30. The van der Waals surface area contributed by atoms with Gasteiger partial charge in [0.05, 0.1) is 31.2 Å². The highest BCUT2D eigenvalue weighted by molar-refractivity contribution is 7.80. The van der Waals surface area contributed by atoms with Gasteiger partial charge in [0.15, 0.2) is 5.11 Å². The largest absolute Gasteiger partial charge is 0.497 e. The molecular formula is C19H25N3O4S. The Morgan fingerprint density at radius 2 is 2.11 bits per heavy atom. The number of aliphatic hydroxyl groups excluding tert-OH is 2. The summed E-state index contributed by atoms with van der Waals surface area (Å²) < 4.78 is 5.20. The average molecular weight is 391 g/mol. The number of carbonyl (C=O) groups excluding carboxylic acids is 1. The van der Waals surface area contributed by atoms with Gasteiger partial charge in [0.25, 0.3) is 0 Å². The second-order valence-electron chi connectivity index (χ2n) is 6.94. The minimum atomic E-state index is -1.01. The second kappa shape index (κ2) is 7.84. The predicted octanol–water partition coefficient (Wildman–Crippen LogP) is 0.513. The summed E-state index contributed by atoms with van der Waals surface area (Å²) in [5.41, 5.74) is 0.800. The smallest absolute Gasteiger partial charge is 0.227 e. The summed E-state index contributed by atoms with van der Waals surface area (Å²) in [6.45, 7) is 4.08. The van der Waals surface area contributed by atoms with Gasteiger partial charge in [0, 0.05) is 19.3 Å². The molecule has 7 nitrogen and oxygen atoms in total. The number of thiocarbonyl (C=S) groups is 1. The van der Waals surface area contributed by atoms with Gasteiger partial charge in [-0.2, -0.15) is 0 Å². The van der Waals surface area contributed by atoms with Gasteiger partial charge >= 0.3 is 0 Å². The van der Waals surface area contributed by atoms with Gasteiger partial charge in [0.2, 0.25) is 5.91 Å². The summed E-state index contributed by atoms with van der Waals surface area (Å²) in [4.78, 5) is 16.5. The number of amides is 1. The number of nitrogens with zero attached hydrogens (tertiary/aromatic N) is 2. The Morgan fingerprint density at radius 3 is 2.70 bits per heavy atom. The molecule has 1 saturated heterocycles. The lowest BCUT2D eigenvalue weighted by atomic mass is 9.77. The molecule has 0 bridgehead atoms. The Hall–Kier alpha value is -2.16. The van der Waals surface area contributed by atoms with Crippen LogP contribution in [-0.4, -0.2) is 71.1 Å². The van der Waals surface area contributed by atoms with Crippen LogP contribution in [0.1, 0.15) is 6.42 Å². The monoisotopic (exact) mass is 391 g/mol. The third kappa shape index (κ3) is 3.52. The molecule has 27 heavy (non-hydrogen) atoms. The number of hydrogen-bond donors (Lipinski definition) is 3. The first-order valence-corrected chi connectivity index (χ1v) is 9.25. The van der Waals surface area contributed by atoms with Crippen LogP contribution in [-0.2, 0) is 4.79 Å². The maximum absolute atomic E-state index is 13.0. The number of fused-ring (bicyclic) bond motifs is 1. The highest BCUT2D eigenvalue weighted by Crippen LogP contribution is 2.37. The SMILES string of the molecule is C=CCN(C)C(=O)[C@@H]1C[C@@H](O)[C@H](O)[C@@H]2NC(=S)N(c3ccc(OC)cc3)[C@@H]21. The van der Waals surface area contributed by atoms with Crippen LogP contribution < -0.4 is 15.0 Å². The van der Waals surface area contributed by atoms with Crippen molar-refractivity contribution in [3.8, 4) is 5.75 Å². The van der Waals surface area contributed by atoms with E-state index < -0.39 is 30.2 Å². The third-order valence-electron chi connectivity index (χ3n) is 5.29. The van der Waals surface area contributed by atoms with E-state index in [1.54, 1.807) is 25.1 Å². The van der Waals surface area contributed by atoms with Crippen molar-refractivity contribution >= 4 is 28.9 Å². The number of likely N-dealkylation sites (N-methyl/N-ethyl adjacent to an activating group) is 1. The zero-order valence-electron chi connectivity index (χ0n) is 15.4. The summed E-state index contributed by atoms with van der Waals surface area (Å²) in [6.07, 6.45) is -0.185. The predicted molar refractivity (Wildman–Crippen MR) is 107 cm³/mol. The molecule has 0 aromatic heterocycles. The minimum absolute atomic E-state index is 0.110. The van der Waals surface area contributed by atoms with Crippen molar-refractivity contribution in [2.45, 2.75) is 30.7 Å². The fourth-order valence-electron chi connectivity index (χ4n) is 3.94. The number of hydrogen-bond acceptors (Lipinski definition) is 5. The summed E-state index contributed by atoms with van der Waals surface area (Å²) >= 11 is 5.50. The number of rotatable bonds is 5. The van der Waals surface area contributed by atoms with Crippen LogP contribution in [0, 0.1) is 5.92 Å². The molecule has 0 spiro atoms. The molecule has 5 atom stereocenters. The maximum atomic E-state index is 13.0. The Morgan fingerprint density at radius 1 is 1.44 bits per heavy atom. The van der Waals surface area contributed by atoms with E-state index in [0.29, 0.717) is 17.4 Å². The standard InChI is InChI=1S/C19H25N3O4S/c1-4-9-21(2)18(25)13-10-14(23)17(24)15-16(13)22(19(27)20-15)11-5-7-12(26-3)8-6-11/h4-8,13-17,23-24H,1,9-10H2,2-3H3,(H,20,27)/t13-,14-,15-,16-,17+/m1/s1. The number of carbonyl (C=O) groups is 1. The molecule has 1 amide bonds. The van der Waals surface area contributed by atoms with Crippen molar-refractivity contribution in [3.63, 3.8) is 0 Å². The molecule has 1 saturated carbocycles. The van der Waals surface area contributed by atoms with Gasteiger partial charge < -0.3 is 30.1 Å². The van der Waals surface area contributed by atoms with E-state index >= 15 is 0 Å².